The van der Waals surface area contributed by atoms with E-state index in [1.54, 1.807) is 0 Å². The molecule has 0 spiro atoms. The summed E-state index contributed by atoms with van der Waals surface area (Å²) in [5.74, 6) is 0.674. The molecule has 0 aromatic rings. The summed E-state index contributed by atoms with van der Waals surface area (Å²) in [5, 5.41) is 0. The van der Waals surface area contributed by atoms with E-state index in [1.165, 1.54) is 23.5 Å². The maximum atomic E-state index is 13.0. The van der Waals surface area contributed by atoms with Crippen LogP contribution in [0.3, 0.4) is 0 Å². The van der Waals surface area contributed by atoms with Gasteiger partial charge in [0.1, 0.15) is 0 Å². The molecule has 1 aliphatic rings. The average molecular weight is 286 g/mol. The zero-order valence-corrected chi connectivity index (χ0v) is 11.9. The lowest BCUT2D eigenvalue weighted by atomic mass is 10.0. The van der Waals surface area contributed by atoms with Crippen molar-refractivity contribution in [2.75, 3.05) is 11.5 Å². The van der Waals surface area contributed by atoms with Crippen LogP contribution in [0.15, 0.2) is 0 Å². The monoisotopic (exact) mass is 286 g/mol. The van der Waals surface area contributed by atoms with E-state index < -0.39 is 12.1 Å². The van der Waals surface area contributed by atoms with Crippen molar-refractivity contribution in [2.45, 2.75) is 56.2 Å². The van der Waals surface area contributed by atoms with Crippen molar-refractivity contribution < 1.29 is 13.2 Å². The molecule has 1 rings (SSSR count). The standard InChI is InChI=1S/C12H21F3S2/c1-2-3-4-5-7-10(12(13,14)15)11-16-8-6-9-17-11/h10-11H,2-9H2,1H3. The second-order valence-corrected chi connectivity index (χ2v) is 7.26. The molecule has 0 N–H and O–H groups in total. The third-order valence-corrected chi connectivity index (χ3v) is 6.15. The topological polar surface area (TPSA) is 0 Å². The largest absolute Gasteiger partial charge is 0.393 e. The van der Waals surface area contributed by atoms with Gasteiger partial charge >= 0.3 is 6.18 Å². The van der Waals surface area contributed by atoms with Crippen molar-refractivity contribution in [1.82, 2.24) is 0 Å². The van der Waals surface area contributed by atoms with Crippen molar-refractivity contribution in [2.24, 2.45) is 5.92 Å². The molecule has 1 atom stereocenters. The lowest BCUT2D eigenvalue weighted by Gasteiger charge is -2.30. The van der Waals surface area contributed by atoms with Gasteiger partial charge in [0.15, 0.2) is 0 Å². The molecule has 0 aliphatic carbocycles. The van der Waals surface area contributed by atoms with Gasteiger partial charge in [0, 0.05) is 0 Å². The van der Waals surface area contributed by atoms with Crippen LogP contribution in [-0.2, 0) is 0 Å². The van der Waals surface area contributed by atoms with E-state index in [9.17, 15) is 13.2 Å². The van der Waals surface area contributed by atoms with E-state index in [1.807, 2.05) is 0 Å². The van der Waals surface area contributed by atoms with Crippen LogP contribution in [0.4, 0.5) is 13.2 Å². The number of hydrogen-bond acceptors (Lipinski definition) is 2. The predicted molar refractivity (Wildman–Crippen MR) is 71.6 cm³/mol. The molecule has 0 radical (unpaired) electrons. The Balaban J connectivity index is 2.42. The molecule has 0 saturated carbocycles. The molecule has 0 aromatic heterocycles. The molecular formula is C12H21F3S2. The van der Waals surface area contributed by atoms with Crippen molar-refractivity contribution >= 4 is 23.5 Å². The molecule has 1 heterocycles. The van der Waals surface area contributed by atoms with Gasteiger partial charge in [0.05, 0.1) is 10.5 Å². The summed E-state index contributed by atoms with van der Waals surface area (Å²) in [6.07, 6.45) is 1.12. The van der Waals surface area contributed by atoms with E-state index in [-0.39, 0.29) is 4.58 Å². The third kappa shape index (κ3) is 5.77. The predicted octanol–water partition coefficient (Wildman–Crippen LogP) is 5.33. The summed E-state index contributed by atoms with van der Waals surface area (Å²) in [6.45, 7) is 2.08. The fraction of sp³-hybridized carbons (Fsp3) is 1.00. The molecule has 1 fully saturated rings. The van der Waals surface area contributed by atoms with Crippen LogP contribution in [0.2, 0.25) is 0 Å². The van der Waals surface area contributed by atoms with Gasteiger partial charge < -0.3 is 0 Å². The van der Waals surface area contributed by atoms with Crippen molar-refractivity contribution in [3.05, 3.63) is 0 Å². The first kappa shape index (κ1) is 15.5. The third-order valence-electron chi connectivity index (χ3n) is 2.97. The first-order valence-electron chi connectivity index (χ1n) is 6.35. The van der Waals surface area contributed by atoms with Gasteiger partial charge in [-0.15, -0.1) is 23.5 Å². The summed E-state index contributed by atoms with van der Waals surface area (Å²) < 4.78 is 38.7. The molecule has 1 saturated heterocycles. The van der Waals surface area contributed by atoms with Gasteiger partial charge in [-0.1, -0.05) is 32.6 Å². The van der Waals surface area contributed by atoms with Crippen molar-refractivity contribution in [1.29, 1.82) is 0 Å². The molecule has 0 aromatic carbocycles. The minimum absolute atomic E-state index is 0.259. The fourth-order valence-corrected chi connectivity index (χ4v) is 5.26. The number of rotatable bonds is 6. The summed E-state index contributed by atoms with van der Waals surface area (Å²) in [4.78, 5) is 0. The number of alkyl halides is 3. The normalized spacial score (nSPS) is 20.5. The molecule has 0 nitrogen and oxygen atoms in total. The molecule has 102 valence electrons. The molecular weight excluding hydrogens is 265 g/mol. The number of thioether (sulfide) groups is 2. The Morgan fingerprint density at radius 3 is 2.29 bits per heavy atom. The first-order chi connectivity index (χ1) is 8.05. The Kier molecular flexibility index (Phi) is 7.15. The summed E-state index contributed by atoms with van der Waals surface area (Å²) >= 11 is 3.01. The maximum Gasteiger partial charge on any atom is 0.393 e. The summed E-state index contributed by atoms with van der Waals surface area (Å²) in [7, 11) is 0. The van der Waals surface area contributed by atoms with E-state index in [0.29, 0.717) is 6.42 Å². The van der Waals surface area contributed by atoms with Crippen LogP contribution in [0.5, 0.6) is 0 Å². The highest BCUT2D eigenvalue weighted by molar-refractivity contribution is 8.17. The smallest absolute Gasteiger partial charge is 0.171 e. The lowest BCUT2D eigenvalue weighted by Crippen LogP contribution is -2.32. The second-order valence-electron chi connectivity index (χ2n) is 4.46. The van der Waals surface area contributed by atoms with E-state index >= 15 is 0 Å². The highest BCUT2D eigenvalue weighted by atomic mass is 32.2. The number of unbranched alkanes of at least 4 members (excludes halogenated alkanes) is 3. The Hall–Kier alpha value is 0.490. The van der Waals surface area contributed by atoms with E-state index in [0.717, 1.165) is 43.6 Å². The van der Waals surface area contributed by atoms with Crippen LogP contribution in [0, 0.1) is 5.92 Å². The van der Waals surface area contributed by atoms with Crippen LogP contribution in [-0.4, -0.2) is 22.3 Å². The minimum Gasteiger partial charge on any atom is -0.171 e. The van der Waals surface area contributed by atoms with Crippen molar-refractivity contribution in [3.8, 4) is 0 Å². The Morgan fingerprint density at radius 1 is 1.12 bits per heavy atom. The second kappa shape index (κ2) is 7.82. The van der Waals surface area contributed by atoms with Crippen LogP contribution >= 0.6 is 23.5 Å². The Labute approximate surface area is 110 Å². The van der Waals surface area contributed by atoms with Crippen LogP contribution in [0.25, 0.3) is 0 Å². The van der Waals surface area contributed by atoms with Crippen molar-refractivity contribution in [3.63, 3.8) is 0 Å². The zero-order valence-electron chi connectivity index (χ0n) is 10.3. The highest BCUT2D eigenvalue weighted by Gasteiger charge is 2.44. The van der Waals surface area contributed by atoms with Crippen LogP contribution < -0.4 is 0 Å². The SMILES string of the molecule is CCCCCCC(C1SCCCS1)C(F)(F)F. The van der Waals surface area contributed by atoms with Gasteiger partial charge in [-0.05, 0) is 24.3 Å². The van der Waals surface area contributed by atoms with E-state index in [4.69, 9.17) is 0 Å². The lowest BCUT2D eigenvalue weighted by molar-refractivity contribution is -0.172. The van der Waals surface area contributed by atoms with Gasteiger partial charge in [0.2, 0.25) is 0 Å². The molecule has 0 amide bonds. The molecule has 1 unspecified atom stereocenters. The van der Waals surface area contributed by atoms with Gasteiger partial charge in [-0.3, -0.25) is 0 Å². The molecule has 0 bridgehead atoms. The highest BCUT2D eigenvalue weighted by Crippen LogP contribution is 2.45. The molecule has 1 aliphatic heterocycles. The van der Waals surface area contributed by atoms with Crippen LogP contribution in [0.1, 0.15) is 45.4 Å². The molecule has 17 heavy (non-hydrogen) atoms. The maximum absolute atomic E-state index is 13.0. The first-order valence-corrected chi connectivity index (χ1v) is 8.45. The van der Waals surface area contributed by atoms with Gasteiger partial charge in [-0.25, -0.2) is 0 Å². The summed E-state index contributed by atoms with van der Waals surface area (Å²) in [5.41, 5.74) is 0. The number of hydrogen-bond donors (Lipinski definition) is 0. The van der Waals surface area contributed by atoms with Gasteiger partial charge in [-0.2, -0.15) is 13.2 Å². The minimum atomic E-state index is -4.02. The zero-order chi connectivity index (χ0) is 12.7. The Morgan fingerprint density at radius 2 is 1.76 bits per heavy atom. The van der Waals surface area contributed by atoms with E-state index in [2.05, 4.69) is 6.92 Å². The summed E-state index contributed by atoms with van der Waals surface area (Å²) in [6, 6.07) is 0. The fourth-order valence-electron chi connectivity index (χ4n) is 1.98. The molecule has 5 heteroatoms. The van der Waals surface area contributed by atoms with Gasteiger partial charge in [0.25, 0.3) is 0 Å². The Bertz CT molecular complexity index is 200. The average Bonchev–Trinajstić information content (AvgIpc) is 2.28. The number of halogens is 3. The quantitative estimate of drug-likeness (QED) is 0.605.